The Kier molecular flexibility index (Phi) is 7.55. The van der Waals surface area contributed by atoms with Gasteiger partial charge >= 0.3 is 0 Å². The zero-order valence-electron chi connectivity index (χ0n) is 20.9. The van der Waals surface area contributed by atoms with Gasteiger partial charge in [0, 0.05) is 55.1 Å². The lowest BCUT2D eigenvalue weighted by atomic mass is 9.89. The molecule has 0 bridgehead atoms. The van der Waals surface area contributed by atoms with Gasteiger partial charge in [0.25, 0.3) is 11.7 Å². The predicted molar refractivity (Wildman–Crippen MR) is 140 cm³/mol. The van der Waals surface area contributed by atoms with Crippen LogP contribution in [0.2, 0.25) is 0 Å². The van der Waals surface area contributed by atoms with Gasteiger partial charge in [-0.2, -0.15) is 0 Å². The SMILES string of the molecule is COc1ccc(-c2cnc(N[C@@H]3CCCC[C@H]3NC3CCCN(c4ccc([N+](=O)[O-])cc4)C3)o2)c(F)c1. The second kappa shape index (κ2) is 11.2. The van der Waals surface area contributed by atoms with Crippen molar-refractivity contribution in [2.75, 3.05) is 30.4 Å². The molecule has 3 atom stereocenters. The summed E-state index contributed by atoms with van der Waals surface area (Å²) in [5, 5.41) is 18.3. The van der Waals surface area contributed by atoms with Crippen molar-refractivity contribution in [2.24, 2.45) is 0 Å². The van der Waals surface area contributed by atoms with Gasteiger partial charge in [-0.1, -0.05) is 12.8 Å². The van der Waals surface area contributed by atoms with Gasteiger partial charge in [-0.15, -0.1) is 0 Å². The van der Waals surface area contributed by atoms with E-state index >= 15 is 0 Å². The van der Waals surface area contributed by atoms with Crippen LogP contribution >= 0.6 is 0 Å². The standard InChI is InChI=1S/C27H32FN5O4/c1-36-21-12-13-22(23(28)15-21)26-16-29-27(37-26)31-25-7-3-2-6-24(25)30-18-5-4-14-32(17-18)19-8-10-20(11-9-19)33(34)35/h8-13,15-16,18,24-25,30H,2-7,14,17H2,1H3,(H,29,31)/t18?,24-,25-/m1/s1. The lowest BCUT2D eigenvalue weighted by Gasteiger charge is -2.40. The fraction of sp³-hybridized carbons (Fsp3) is 0.444. The molecule has 0 radical (unpaired) electrons. The van der Waals surface area contributed by atoms with E-state index in [1.807, 2.05) is 12.1 Å². The van der Waals surface area contributed by atoms with Gasteiger partial charge in [-0.25, -0.2) is 9.37 Å². The Labute approximate surface area is 215 Å². The first-order valence-corrected chi connectivity index (χ1v) is 12.8. The molecule has 1 aliphatic carbocycles. The van der Waals surface area contributed by atoms with Crippen LogP contribution in [0.1, 0.15) is 38.5 Å². The van der Waals surface area contributed by atoms with Crippen LogP contribution in [0.3, 0.4) is 0 Å². The smallest absolute Gasteiger partial charge is 0.295 e. The summed E-state index contributed by atoms with van der Waals surface area (Å²) in [7, 11) is 1.50. The van der Waals surface area contributed by atoms with E-state index in [1.165, 1.54) is 13.2 Å². The monoisotopic (exact) mass is 509 g/mol. The highest BCUT2D eigenvalue weighted by molar-refractivity contribution is 5.59. The number of nitro benzene ring substituents is 1. The lowest BCUT2D eigenvalue weighted by Crippen LogP contribution is -2.54. The largest absolute Gasteiger partial charge is 0.497 e. The lowest BCUT2D eigenvalue weighted by molar-refractivity contribution is -0.384. The average molecular weight is 510 g/mol. The van der Waals surface area contributed by atoms with Crippen molar-refractivity contribution < 1.29 is 18.5 Å². The Morgan fingerprint density at radius 1 is 1.11 bits per heavy atom. The first-order chi connectivity index (χ1) is 18.0. The number of oxazole rings is 1. The molecule has 3 aromatic rings. The van der Waals surface area contributed by atoms with Crippen molar-refractivity contribution in [3.05, 3.63) is 64.6 Å². The molecule has 2 heterocycles. The maximum absolute atomic E-state index is 14.5. The van der Waals surface area contributed by atoms with E-state index in [2.05, 4.69) is 20.5 Å². The Morgan fingerprint density at radius 2 is 1.89 bits per heavy atom. The second-order valence-electron chi connectivity index (χ2n) is 9.74. The van der Waals surface area contributed by atoms with Crippen LogP contribution < -0.4 is 20.3 Å². The summed E-state index contributed by atoms with van der Waals surface area (Å²) >= 11 is 0. The summed E-state index contributed by atoms with van der Waals surface area (Å²) in [6.45, 7) is 1.78. The van der Waals surface area contributed by atoms with Crippen LogP contribution in [0.4, 0.5) is 21.8 Å². The molecule has 2 N–H and O–H groups in total. The molecule has 0 amide bonds. The van der Waals surface area contributed by atoms with Crippen molar-refractivity contribution in [1.29, 1.82) is 0 Å². The number of anilines is 2. The average Bonchev–Trinajstić information content (AvgIpc) is 3.38. The van der Waals surface area contributed by atoms with E-state index in [-0.39, 0.29) is 22.7 Å². The minimum Gasteiger partial charge on any atom is -0.497 e. The number of piperidine rings is 1. The maximum atomic E-state index is 14.5. The van der Waals surface area contributed by atoms with Gasteiger partial charge in [0.2, 0.25) is 0 Å². The summed E-state index contributed by atoms with van der Waals surface area (Å²) in [6, 6.07) is 12.5. The summed E-state index contributed by atoms with van der Waals surface area (Å²) in [4.78, 5) is 17.3. The molecule has 1 unspecified atom stereocenters. The molecule has 1 saturated heterocycles. The molecule has 196 valence electrons. The number of benzene rings is 2. The Morgan fingerprint density at radius 3 is 2.62 bits per heavy atom. The van der Waals surface area contributed by atoms with Crippen molar-refractivity contribution in [3.8, 4) is 17.1 Å². The molecule has 1 aromatic heterocycles. The highest BCUT2D eigenvalue weighted by Gasteiger charge is 2.30. The van der Waals surface area contributed by atoms with E-state index in [4.69, 9.17) is 9.15 Å². The van der Waals surface area contributed by atoms with Gasteiger partial charge in [0.05, 0.1) is 23.8 Å². The van der Waals surface area contributed by atoms with Crippen LogP contribution in [0.15, 0.2) is 53.1 Å². The number of nitrogens with one attached hydrogen (secondary N) is 2. The molecular weight excluding hydrogens is 477 g/mol. The zero-order chi connectivity index (χ0) is 25.8. The van der Waals surface area contributed by atoms with Crippen molar-refractivity contribution in [2.45, 2.75) is 56.7 Å². The van der Waals surface area contributed by atoms with Gasteiger partial charge in [0.1, 0.15) is 11.6 Å². The molecule has 1 aliphatic heterocycles. The fourth-order valence-corrected chi connectivity index (χ4v) is 5.39. The number of hydrogen-bond donors (Lipinski definition) is 2. The van der Waals surface area contributed by atoms with Crippen molar-refractivity contribution in [3.63, 3.8) is 0 Å². The third-order valence-electron chi connectivity index (χ3n) is 7.32. The Bertz CT molecular complexity index is 1220. The van der Waals surface area contributed by atoms with E-state index in [0.29, 0.717) is 29.1 Å². The number of ether oxygens (including phenoxy) is 1. The molecule has 5 rings (SSSR count). The molecule has 9 nitrogen and oxygen atoms in total. The zero-order valence-corrected chi connectivity index (χ0v) is 20.9. The van der Waals surface area contributed by atoms with Gasteiger partial charge < -0.3 is 24.7 Å². The molecule has 2 aromatic carbocycles. The summed E-state index contributed by atoms with van der Waals surface area (Å²) in [5.74, 6) is 0.396. The normalized spacial score (nSPS) is 22.0. The van der Waals surface area contributed by atoms with E-state index in [1.54, 1.807) is 30.5 Å². The van der Waals surface area contributed by atoms with Gasteiger partial charge in [-0.05, 0) is 49.9 Å². The van der Waals surface area contributed by atoms with Crippen LogP contribution in [-0.2, 0) is 0 Å². The van der Waals surface area contributed by atoms with Crippen LogP contribution in [0.25, 0.3) is 11.3 Å². The van der Waals surface area contributed by atoms with Crippen molar-refractivity contribution in [1.82, 2.24) is 10.3 Å². The number of non-ortho nitro benzene ring substituents is 1. The minimum atomic E-state index is -0.422. The van der Waals surface area contributed by atoms with Crippen molar-refractivity contribution >= 4 is 17.4 Å². The Hall–Kier alpha value is -3.66. The summed E-state index contributed by atoms with van der Waals surface area (Å²) in [6.07, 6.45) is 7.99. The molecule has 0 spiro atoms. The van der Waals surface area contributed by atoms with Crippen LogP contribution in [-0.4, -0.2) is 48.2 Å². The molecule has 2 aliphatic rings. The van der Waals surface area contributed by atoms with E-state index in [0.717, 1.165) is 57.3 Å². The van der Waals surface area contributed by atoms with Gasteiger partial charge in [-0.3, -0.25) is 10.1 Å². The molecule has 10 heteroatoms. The highest BCUT2D eigenvalue weighted by atomic mass is 19.1. The quantitative estimate of drug-likeness (QED) is 0.308. The third kappa shape index (κ3) is 5.85. The van der Waals surface area contributed by atoms with E-state index < -0.39 is 5.82 Å². The number of halogens is 1. The fourth-order valence-electron chi connectivity index (χ4n) is 5.39. The highest BCUT2D eigenvalue weighted by Crippen LogP contribution is 2.30. The Balaban J connectivity index is 1.22. The number of methoxy groups -OCH3 is 1. The first kappa shape index (κ1) is 25.0. The number of nitrogens with zero attached hydrogens (tertiary/aromatic N) is 3. The third-order valence-corrected chi connectivity index (χ3v) is 7.32. The number of nitro groups is 1. The molecule has 37 heavy (non-hydrogen) atoms. The molecule has 1 saturated carbocycles. The topological polar surface area (TPSA) is 106 Å². The summed E-state index contributed by atoms with van der Waals surface area (Å²) < 4.78 is 25.4. The number of aromatic nitrogens is 1. The van der Waals surface area contributed by atoms with Crippen LogP contribution in [0.5, 0.6) is 5.75 Å². The molecular formula is C27H32FN5O4. The number of rotatable bonds is 8. The predicted octanol–water partition coefficient (Wildman–Crippen LogP) is 5.38. The van der Waals surface area contributed by atoms with Gasteiger partial charge in [0.15, 0.2) is 5.76 Å². The first-order valence-electron chi connectivity index (χ1n) is 12.8. The van der Waals surface area contributed by atoms with E-state index in [9.17, 15) is 14.5 Å². The molecule has 2 fully saturated rings. The summed E-state index contributed by atoms with van der Waals surface area (Å²) in [5.41, 5.74) is 1.46. The number of hydrogen-bond acceptors (Lipinski definition) is 8. The second-order valence-corrected chi connectivity index (χ2v) is 9.74. The minimum absolute atomic E-state index is 0.107. The maximum Gasteiger partial charge on any atom is 0.295 e. The van der Waals surface area contributed by atoms with Crippen LogP contribution in [0, 0.1) is 15.9 Å².